The number of hydrogen-bond acceptors (Lipinski definition) is 3. The average Bonchev–Trinajstić information content (AvgIpc) is 2.61. The van der Waals surface area contributed by atoms with E-state index in [1.807, 2.05) is 0 Å². The maximum Gasteiger partial charge on any atom is 0.128 e. The Labute approximate surface area is 144 Å². The summed E-state index contributed by atoms with van der Waals surface area (Å²) >= 11 is 0. The fraction of sp³-hybridized carbons (Fsp3) is 0.381. The van der Waals surface area contributed by atoms with Crippen LogP contribution in [0.1, 0.15) is 43.9 Å². The average molecular weight is 322 g/mol. The van der Waals surface area contributed by atoms with E-state index in [2.05, 4.69) is 79.6 Å². The van der Waals surface area contributed by atoms with Crippen molar-refractivity contribution in [3.05, 3.63) is 65.2 Å². The largest absolute Gasteiger partial charge is 0.489 e. The molecule has 0 atom stereocenters. The highest BCUT2D eigenvalue weighted by molar-refractivity contribution is 5.99. The van der Waals surface area contributed by atoms with Crippen molar-refractivity contribution in [1.29, 1.82) is 0 Å². The Morgan fingerprint density at radius 1 is 1.00 bits per heavy atom. The van der Waals surface area contributed by atoms with Gasteiger partial charge in [0.2, 0.25) is 0 Å². The molecule has 1 aliphatic heterocycles. The van der Waals surface area contributed by atoms with E-state index >= 15 is 0 Å². The fourth-order valence-electron chi connectivity index (χ4n) is 2.70. The smallest absolute Gasteiger partial charge is 0.128 e. The summed E-state index contributed by atoms with van der Waals surface area (Å²) in [6.45, 7) is 9.16. The molecular weight excluding hydrogens is 296 g/mol. The predicted molar refractivity (Wildman–Crippen MR) is 99.9 cm³/mol. The number of ether oxygens (including phenoxy) is 1. The zero-order valence-corrected chi connectivity index (χ0v) is 14.8. The van der Waals surface area contributed by atoms with Crippen LogP contribution in [0.2, 0.25) is 0 Å². The van der Waals surface area contributed by atoms with E-state index < -0.39 is 0 Å². The number of nitrogens with zero attached hydrogens (tertiary/aromatic N) is 1. The summed E-state index contributed by atoms with van der Waals surface area (Å²) in [4.78, 5) is 4.53. The van der Waals surface area contributed by atoms with Gasteiger partial charge in [-0.2, -0.15) is 0 Å². The van der Waals surface area contributed by atoms with E-state index in [1.165, 1.54) is 5.56 Å². The zero-order valence-electron chi connectivity index (χ0n) is 14.8. The maximum atomic E-state index is 5.90. The molecule has 0 amide bonds. The summed E-state index contributed by atoms with van der Waals surface area (Å²) in [6.07, 6.45) is 1.11. The van der Waals surface area contributed by atoms with Crippen molar-refractivity contribution < 1.29 is 4.74 Å². The van der Waals surface area contributed by atoms with Crippen LogP contribution in [0.15, 0.2) is 53.5 Å². The molecule has 0 aromatic heterocycles. The third-order valence-electron chi connectivity index (χ3n) is 4.25. The van der Waals surface area contributed by atoms with Crippen molar-refractivity contribution in [2.45, 2.75) is 39.2 Å². The van der Waals surface area contributed by atoms with E-state index in [-0.39, 0.29) is 5.41 Å². The zero-order chi connectivity index (χ0) is 17.0. The number of rotatable bonds is 4. The maximum absolute atomic E-state index is 5.90. The second kappa shape index (κ2) is 7.08. The first-order valence-electron chi connectivity index (χ1n) is 8.63. The van der Waals surface area contributed by atoms with Crippen LogP contribution in [0.25, 0.3) is 0 Å². The van der Waals surface area contributed by atoms with E-state index in [1.54, 1.807) is 0 Å². The van der Waals surface area contributed by atoms with Gasteiger partial charge in [0.25, 0.3) is 0 Å². The highest BCUT2D eigenvalue weighted by Crippen LogP contribution is 2.24. The normalized spacial score (nSPS) is 14.7. The molecule has 1 heterocycles. The molecule has 3 heteroatoms. The number of nitrogens with one attached hydrogen (secondary N) is 1. The summed E-state index contributed by atoms with van der Waals surface area (Å²) in [6, 6.07) is 16.8. The third kappa shape index (κ3) is 4.16. The van der Waals surface area contributed by atoms with Crippen LogP contribution in [-0.2, 0) is 12.0 Å². The first-order chi connectivity index (χ1) is 11.5. The molecule has 0 saturated heterocycles. The van der Waals surface area contributed by atoms with Gasteiger partial charge in [-0.05, 0) is 35.1 Å². The molecule has 126 valence electrons. The molecule has 0 spiro atoms. The molecule has 0 bridgehead atoms. The molecule has 1 aliphatic rings. The van der Waals surface area contributed by atoms with Crippen molar-refractivity contribution in [3.8, 4) is 5.75 Å². The van der Waals surface area contributed by atoms with Crippen LogP contribution in [0.3, 0.4) is 0 Å². The lowest BCUT2D eigenvalue weighted by Crippen LogP contribution is -2.30. The van der Waals surface area contributed by atoms with Gasteiger partial charge in [-0.3, -0.25) is 4.99 Å². The minimum Gasteiger partial charge on any atom is -0.489 e. The summed E-state index contributed by atoms with van der Waals surface area (Å²) in [5.41, 5.74) is 3.80. The standard InChI is InChI=1S/C21H26N2O/c1-21(2,3)18-9-11-19(12-10-18)24-15-16-5-7-17(8-6-16)20-22-13-4-14-23-20/h5-12H,4,13-15H2,1-3H3,(H,22,23). The molecule has 0 aliphatic carbocycles. The molecular formula is C21H26N2O. The van der Waals surface area contributed by atoms with Gasteiger partial charge in [0.1, 0.15) is 18.2 Å². The van der Waals surface area contributed by atoms with E-state index in [0.29, 0.717) is 6.61 Å². The van der Waals surface area contributed by atoms with Crippen LogP contribution in [0, 0.1) is 0 Å². The van der Waals surface area contributed by atoms with Gasteiger partial charge in [0.15, 0.2) is 0 Å². The highest BCUT2D eigenvalue weighted by Gasteiger charge is 2.13. The molecule has 0 fully saturated rings. The fourth-order valence-corrected chi connectivity index (χ4v) is 2.70. The molecule has 24 heavy (non-hydrogen) atoms. The van der Waals surface area contributed by atoms with Crippen molar-refractivity contribution in [2.24, 2.45) is 4.99 Å². The number of amidine groups is 1. The summed E-state index contributed by atoms with van der Waals surface area (Å²) in [5.74, 6) is 1.91. The van der Waals surface area contributed by atoms with Gasteiger partial charge < -0.3 is 10.1 Å². The number of aliphatic imine (C=N–C) groups is 1. The van der Waals surface area contributed by atoms with Gasteiger partial charge >= 0.3 is 0 Å². The molecule has 2 aromatic carbocycles. The lowest BCUT2D eigenvalue weighted by atomic mass is 9.87. The van der Waals surface area contributed by atoms with Crippen LogP contribution in [-0.4, -0.2) is 18.9 Å². The number of benzene rings is 2. The second-order valence-corrected chi connectivity index (χ2v) is 7.27. The summed E-state index contributed by atoms with van der Waals surface area (Å²) in [7, 11) is 0. The highest BCUT2D eigenvalue weighted by atomic mass is 16.5. The van der Waals surface area contributed by atoms with E-state index in [0.717, 1.165) is 42.2 Å². The number of hydrogen-bond donors (Lipinski definition) is 1. The topological polar surface area (TPSA) is 33.6 Å². The molecule has 0 radical (unpaired) electrons. The third-order valence-corrected chi connectivity index (χ3v) is 4.25. The SMILES string of the molecule is CC(C)(C)c1ccc(OCc2ccc(C3=NCCCN3)cc2)cc1. The van der Waals surface area contributed by atoms with Gasteiger partial charge in [0.05, 0.1) is 0 Å². The summed E-state index contributed by atoms with van der Waals surface area (Å²) in [5, 5.41) is 3.35. The quantitative estimate of drug-likeness (QED) is 0.910. The second-order valence-electron chi connectivity index (χ2n) is 7.27. The van der Waals surface area contributed by atoms with Crippen molar-refractivity contribution in [2.75, 3.05) is 13.1 Å². The Kier molecular flexibility index (Phi) is 4.89. The van der Waals surface area contributed by atoms with E-state index in [4.69, 9.17) is 4.74 Å². The first kappa shape index (κ1) is 16.6. The van der Waals surface area contributed by atoms with Crippen LogP contribution in [0.5, 0.6) is 5.75 Å². The lowest BCUT2D eigenvalue weighted by Gasteiger charge is -2.19. The summed E-state index contributed by atoms with van der Waals surface area (Å²) < 4.78 is 5.90. The molecule has 1 N–H and O–H groups in total. The van der Waals surface area contributed by atoms with Crippen molar-refractivity contribution >= 4 is 5.84 Å². The molecule has 3 rings (SSSR count). The van der Waals surface area contributed by atoms with Crippen LogP contribution < -0.4 is 10.1 Å². The molecule has 3 nitrogen and oxygen atoms in total. The van der Waals surface area contributed by atoms with Gasteiger partial charge in [0, 0.05) is 18.7 Å². The Bertz CT molecular complexity index is 694. The van der Waals surface area contributed by atoms with Crippen LogP contribution >= 0.6 is 0 Å². The molecule has 0 saturated carbocycles. The molecule has 0 unspecified atom stereocenters. The molecule has 2 aromatic rings. The van der Waals surface area contributed by atoms with Crippen LogP contribution in [0.4, 0.5) is 0 Å². The first-order valence-corrected chi connectivity index (χ1v) is 8.63. The monoisotopic (exact) mass is 322 g/mol. The Balaban J connectivity index is 1.59. The Morgan fingerprint density at radius 2 is 1.71 bits per heavy atom. The Hall–Kier alpha value is -2.29. The van der Waals surface area contributed by atoms with Gasteiger partial charge in [-0.25, -0.2) is 0 Å². The minimum absolute atomic E-state index is 0.171. The predicted octanol–water partition coefficient (Wildman–Crippen LogP) is 4.30. The van der Waals surface area contributed by atoms with E-state index in [9.17, 15) is 0 Å². The van der Waals surface area contributed by atoms with Gasteiger partial charge in [-0.15, -0.1) is 0 Å². The Morgan fingerprint density at radius 3 is 2.29 bits per heavy atom. The minimum atomic E-state index is 0.171. The van der Waals surface area contributed by atoms with Crippen molar-refractivity contribution in [3.63, 3.8) is 0 Å². The lowest BCUT2D eigenvalue weighted by molar-refractivity contribution is 0.306. The van der Waals surface area contributed by atoms with Gasteiger partial charge in [-0.1, -0.05) is 57.2 Å². The van der Waals surface area contributed by atoms with Crippen molar-refractivity contribution in [1.82, 2.24) is 5.32 Å².